The Morgan fingerprint density at radius 1 is 1.27 bits per heavy atom. The number of nitrogens with zero attached hydrogens (tertiary/aromatic N) is 1. The van der Waals surface area contributed by atoms with Gasteiger partial charge in [-0.25, -0.2) is 0 Å². The minimum atomic E-state index is 0.124. The summed E-state index contributed by atoms with van der Waals surface area (Å²) in [7, 11) is 0. The fourth-order valence-electron chi connectivity index (χ4n) is 0.994. The fourth-order valence-corrected chi connectivity index (χ4v) is 1.26. The Hall–Kier alpha value is -1.23. The van der Waals surface area contributed by atoms with E-state index in [1.54, 1.807) is 0 Å². The van der Waals surface area contributed by atoms with Gasteiger partial charge in [0.05, 0.1) is 6.61 Å². The second-order valence-electron chi connectivity index (χ2n) is 2.96. The minimum absolute atomic E-state index is 0.124. The molecule has 4 N–H and O–H groups in total. The molecule has 82 valence electrons. The van der Waals surface area contributed by atoms with Crippen molar-refractivity contribution in [3.8, 4) is 5.75 Å². The van der Waals surface area contributed by atoms with Gasteiger partial charge >= 0.3 is 0 Å². The lowest BCUT2D eigenvalue weighted by molar-refractivity contribution is 0.313. The number of aliphatic imine (C=N–C) groups is 1. The van der Waals surface area contributed by atoms with Crippen molar-refractivity contribution >= 4 is 21.9 Å². The third-order valence-electron chi connectivity index (χ3n) is 1.68. The van der Waals surface area contributed by atoms with Gasteiger partial charge in [-0.05, 0) is 24.3 Å². The second-order valence-corrected chi connectivity index (χ2v) is 3.88. The third-order valence-corrected chi connectivity index (χ3v) is 2.21. The number of rotatable bonds is 5. The van der Waals surface area contributed by atoms with Crippen molar-refractivity contribution in [2.75, 3.05) is 13.2 Å². The van der Waals surface area contributed by atoms with Gasteiger partial charge in [0.2, 0.25) is 0 Å². The highest BCUT2D eigenvalue weighted by molar-refractivity contribution is 9.10. The van der Waals surface area contributed by atoms with Gasteiger partial charge in [0.15, 0.2) is 5.96 Å². The largest absolute Gasteiger partial charge is 0.494 e. The van der Waals surface area contributed by atoms with Crippen molar-refractivity contribution in [2.45, 2.75) is 6.42 Å². The highest BCUT2D eigenvalue weighted by Gasteiger charge is 1.93. The molecule has 0 saturated carbocycles. The van der Waals surface area contributed by atoms with Gasteiger partial charge in [-0.1, -0.05) is 15.9 Å². The molecule has 0 fully saturated rings. The lowest BCUT2D eigenvalue weighted by Gasteiger charge is -2.04. The summed E-state index contributed by atoms with van der Waals surface area (Å²) >= 11 is 3.35. The molecular formula is C10H14BrN3O. The van der Waals surface area contributed by atoms with Gasteiger partial charge in [0, 0.05) is 17.4 Å². The fraction of sp³-hybridized carbons (Fsp3) is 0.300. The molecule has 1 aromatic rings. The average molecular weight is 272 g/mol. The van der Waals surface area contributed by atoms with Crippen molar-refractivity contribution in [3.05, 3.63) is 28.7 Å². The second kappa shape index (κ2) is 6.29. The van der Waals surface area contributed by atoms with Gasteiger partial charge in [-0.2, -0.15) is 0 Å². The standard InChI is InChI=1S/C10H14BrN3O/c11-8-2-4-9(5-3-8)15-7-1-6-14-10(12)13/h2-5H,1,6-7H2,(H4,12,13,14). The number of hydrogen-bond acceptors (Lipinski definition) is 2. The van der Waals surface area contributed by atoms with Crippen LogP contribution < -0.4 is 16.2 Å². The van der Waals surface area contributed by atoms with E-state index < -0.39 is 0 Å². The summed E-state index contributed by atoms with van der Waals surface area (Å²) in [5.74, 6) is 0.974. The van der Waals surface area contributed by atoms with Gasteiger partial charge in [0.25, 0.3) is 0 Å². The van der Waals surface area contributed by atoms with E-state index >= 15 is 0 Å². The number of nitrogens with two attached hydrogens (primary N) is 2. The van der Waals surface area contributed by atoms with E-state index in [9.17, 15) is 0 Å². The Morgan fingerprint density at radius 2 is 1.93 bits per heavy atom. The zero-order valence-corrected chi connectivity index (χ0v) is 9.90. The molecule has 0 aliphatic heterocycles. The zero-order chi connectivity index (χ0) is 11.1. The Bertz CT molecular complexity index is 320. The average Bonchev–Trinajstić information content (AvgIpc) is 2.20. The topological polar surface area (TPSA) is 73.6 Å². The van der Waals surface area contributed by atoms with Crippen LogP contribution in [-0.2, 0) is 0 Å². The number of hydrogen-bond donors (Lipinski definition) is 2. The van der Waals surface area contributed by atoms with Crippen molar-refractivity contribution in [2.24, 2.45) is 16.5 Å². The number of ether oxygens (including phenoxy) is 1. The highest BCUT2D eigenvalue weighted by Crippen LogP contribution is 2.15. The summed E-state index contributed by atoms with van der Waals surface area (Å²) in [6.45, 7) is 1.21. The molecule has 0 heterocycles. The van der Waals surface area contributed by atoms with Crippen LogP contribution >= 0.6 is 15.9 Å². The molecule has 1 aromatic carbocycles. The highest BCUT2D eigenvalue weighted by atomic mass is 79.9. The van der Waals surface area contributed by atoms with Gasteiger partial charge < -0.3 is 16.2 Å². The first-order valence-corrected chi connectivity index (χ1v) is 5.41. The quantitative estimate of drug-likeness (QED) is 0.484. The lowest BCUT2D eigenvalue weighted by Crippen LogP contribution is -2.23. The molecule has 1 rings (SSSR count). The van der Waals surface area contributed by atoms with Crippen LogP contribution in [0.3, 0.4) is 0 Å². The summed E-state index contributed by atoms with van der Waals surface area (Å²) in [5, 5.41) is 0. The maximum absolute atomic E-state index is 5.47. The van der Waals surface area contributed by atoms with Crippen LogP contribution in [-0.4, -0.2) is 19.1 Å². The molecule has 0 amide bonds. The van der Waals surface area contributed by atoms with Crippen molar-refractivity contribution < 1.29 is 4.74 Å². The van der Waals surface area contributed by atoms with Gasteiger partial charge in [-0.3, -0.25) is 4.99 Å². The van der Waals surface area contributed by atoms with Crippen LogP contribution in [0.25, 0.3) is 0 Å². The first-order valence-electron chi connectivity index (χ1n) is 4.62. The van der Waals surface area contributed by atoms with E-state index in [2.05, 4.69) is 20.9 Å². The molecule has 0 saturated heterocycles. The Balaban J connectivity index is 2.20. The van der Waals surface area contributed by atoms with E-state index in [4.69, 9.17) is 16.2 Å². The van der Waals surface area contributed by atoms with Gasteiger partial charge in [0.1, 0.15) is 5.75 Å². The molecule has 15 heavy (non-hydrogen) atoms. The van der Waals surface area contributed by atoms with E-state index in [1.807, 2.05) is 24.3 Å². The van der Waals surface area contributed by atoms with Crippen molar-refractivity contribution in [3.63, 3.8) is 0 Å². The molecule has 0 radical (unpaired) electrons. The molecule has 0 bridgehead atoms. The zero-order valence-electron chi connectivity index (χ0n) is 8.32. The van der Waals surface area contributed by atoms with E-state index in [0.717, 1.165) is 16.6 Å². The monoisotopic (exact) mass is 271 g/mol. The smallest absolute Gasteiger partial charge is 0.185 e. The van der Waals surface area contributed by atoms with Crippen molar-refractivity contribution in [1.29, 1.82) is 0 Å². The van der Waals surface area contributed by atoms with E-state index in [0.29, 0.717) is 13.2 Å². The molecule has 0 atom stereocenters. The van der Waals surface area contributed by atoms with Crippen LogP contribution in [0.1, 0.15) is 6.42 Å². The Labute approximate surface area is 97.4 Å². The molecule has 0 aliphatic rings. The van der Waals surface area contributed by atoms with Crippen molar-refractivity contribution in [1.82, 2.24) is 0 Å². The number of benzene rings is 1. The van der Waals surface area contributed by atoms with E-state index in [-0.39, 0.29) is 5.96 Å². The maximum Gasteiger partial charge on any atom is 0.185 e. The molecule has 4 nitrogen and oxygen atoms in total. The predicted molar refractivity (Wildman–Crippen MR) is 64.9 cm³/mol. The number of halogens is 1. The predicted octanol–water partition coefficient (Wildman–Crippen LogP) is 1.49. The van der Waals surface area contributed by atoms with Crippen LogP contribution in [0, 0.1) is 0 Å². The summed E-state index contributed by atoms with van der Waals surface area (Å²) in [6.07, 6.45) is 0.800. The van der Waals surface area contributed by atoms with Gasteiger partial charge in [-0.15, -0.1) is 0 Å². The summed E-state index contributed by atoms with van der Waals surface area (Å²) in [4.78, 5) is 3.85. The molecule has 0 spiro atoms. The van der Waals surface area contributed by atoms with Crippen LogP contribution in [0.5, 0.6) is 5.75 Å². The molecule has 5 heteroatoms. The normalized spacial score (nSPS) is 9.67. The summed E-state index contributed by atoms with van der Waals surface area (Å²) < 4.78 is 6.51. The lowest BCUT2D eigenvalue weighted by atomic mass is 10.3. The third kappa shape index (κ3) is 5.27. The molecular weight excluding hydrogens is 258 g/mol. The number of guanidine groups is 1. The molecule has 0 aromatic heterocycles. The van der Waals surface area contributed by atoms with E-state index in [1.165, 1.54) is 0 Å². The van der Waals surface area contributed by atoms with Crippen LogP contribution in [0.4, 0.5) is 0 Å². The molecule has 0 aliphatic carbocycles. The SMILES string of the molecule is NC(N)=NCCCOc1ccc(Br)cc1. The first-order chi connectivity index (χ1) is 7.18. The summed E-state index contributed by atoms with van der Waals surface area (Å²) in [5.41, 5.74) is 10.4. The summed E-state index contributed by atoms with van der Waals surface area (Å²) in [6, 6.07) is 7.69. The van der Waals surface area contributed by atoms with Crippen LogP contribution in [0.15, 0.2) is 33.7 Å². The Morgan fingerprint density at radius 3 is 2.53 bits per heavy atom. The maximum atomic E-state index is 5.47. The molecule has 0 unspecified atom stereocenters. The Kier molecular flexibility index (Phi) is 4.97. The minimum Gasteiger partial charge on any atom is -0.494 e. The first kappa shape index (κ1) is 11.8. The van der Waals surface area contributed by atoms with Crippen LogP contribution in [0.2, 0.25) is 0 Å².